The second-order valence-electron chi connectivity index (χ2n) is 4.13. The van der Waals surface area contributed by atoms with Gasteiger partial charge in [0, 0.05) is 13.1 Å². The average Bonchev–Trinajstić information content (AvgIpc) is 2.61. The fourth-order valence-electron chi connectivity index (χ4n) is 1.67. The topological polar surface area (TPSA) is 80.0 Å². The molecule has 1 amide bonds. The number of aryl methyl sites for hydroxylation is 1. The van der Waals surface area contributed by atoms with E-state index in [1.165, 1.54) is 11.9 Å². The highest BCUT2D eigenvalue weighted by Crippen LogP contribution is 2.32. The Morgan fingerprint density at radius 3 is 2.41 bits per heavy atom. The number of carbonyl (C=O) groups is 2. The number of amides is 1. The third-order valence-corrected chi connectivity index (χ3v) is 2.88. The van der Waals surface area contributed by atoms with Crippen LogP contribution in [-0.4, -0.2) is 37.2 Å². The molecule has 0 aromatic carbocycles. The summed E-state index contributed by atoms with van der Waals surface area (Å²) in [7, 11) is 1.49. The zero-order valence-electron chi connectivity index (χ0n) is 9.60. The smallest absolute Gasteiger partial charge is 0.324 e. The number of furan rings is 1. The lowest BCUT2D eigenvalue weighted by molar-refractivity contribution is -0.183. The standard InChI is InChI=1S/C11H13NO5/c1-7-3-4-8(17-7)12(2)9(13)11(10(14)15)5-16-6-11/h3-4H,5-6H2,1-2H3,(H,14,15). The SMILES string of the molecule is Cc1ccc(N(C)C(=O)C2(C(=O)O)COC2)o1. The van der Waals surface area contributed by atoms with E-state index in [2.05, 4.69) is 0 Å². The molecule has 6 nitrogen and oxygen atoms in total. The van der Waals surface area contributed by atoms with Gasteiger partial charge in [-0.2, -0.15) is 0 Å². The first-order valence-corrected chi connectivity index (χ1v) is 5.13. The molecule has 2 rings (SSSR count). The Balaban J connectivity index is 2.22. The molecule has 0 aliphatic carbocycles. The van der Waals surface area contributed by atoms with Crippen LogP contribution in [0.3, 0.4) is 0 Å². The van der Waals surface area contributed by atoms with Gasteiger partial charge in [-0.15, -0.1) is 0 Å². The highest BCUT2D eigenvalue weighted by Gasteiger charge is 2.55. The summed E-state index contributed by atoms with van der Waals surface area (Å²) >= 11 is 0. The van der Waals surface area contributed by atoms with E-state index in [-0.39, 0.29) is 13.2 Å². The zero-order valence-corrected chi connectivity index (χ0v) is 9.60. The van der Waals surface area contributed by atoms with E-state index >= 15 is 0 Å². The molecule has 0 unspecified atom stereocenters. The molecule has 1 aliphatic heterocycles. The predicted molar refractivity (Wildman–Crippen MR) is 57.7 cm³/mol. The van der Waals surface area contributed by atoms with E-state index < -0.39 is 17.3 Å². The molecule has 1 saturated heterocycles. The van der Waals surface area contributed by atoms with Crippen molar-refractivity contribution in [1.29, 1.82) is 0 Å². The van der Waals surface area contributed by atoms with E-state index in [0.29, 0.717) is 11.6 Å². The van der Waals surface area contributed by atoms with Crippen LogP contribution in [0.15, 0.2) is 16.5 Å². The van der Waals surface area contributed by atoms with Gasteiger partial charge in [0.2, 0.25) is 5.88 Å². The maximum atomic E-state index is 12.1. The maximum absolute atomic E-state index is 12.1. The fourth-order valence-corrected chi connectivity index (χ4v) is 1.67. The second kappa shape index (κ2) is 3.89. The minimum Gasteiger partial charge on any atom is -0.480 e. The fraction of sp³-hybridized carbons (Fsp3) is 0.455. The molecular weight excluding hydrogens is 226 g/mol. The Morgan fingerprint density at radius 2 is 2.06 bits per heavy atom. The molecule has 6 heteroatoms. The molecule has 0 bridgehead atoms. The van der Waals surface area contributed by atoms with E-state index in [1.807, 2.05) is 0 Å². The summed E-state index contributed by atoms with van der Waals surface area (Å²) in [5.74, 6) is -0.691. The first-order valence-electron chi connectivity index (χ1n) is 5.13. The number of rotatable bonds is 3. The molecule has 1 N–H and O–H groups in total. The number of nitrogens with zero attached hydrogens (tertiary/aromatic N) is 1. The molecule has 1 fully saturated rings. The molecule has 17 heavy (non-hydrogen) atoms. The average molecular weight is 239 g/mol. The predicted octanol–water partition coefficient (Wildman–Crippen LogP) is 0.652. The normalized spacial score (nSPS) is 17.3. The van der Waals surface area contributed by atoms with Gasteiger partial charge in [-0.05, 0) is 13.0 Å². The van der Waals surface area contributed by atoms with Crippen molar-refractivity contribution in [3.05, 3.63) is 17.9 Å². The van der Waals surface area contributed by atoms with Crippen LogP contribution >= 0.6 is 0 Å². The molecule has 0 saturated carbocycles. The minimum atomic E-state index is -1.46. The van der Waals surface area contributed by atoms with E-state index in [1.54, 1.807) is 19.1 Å². The zero-order chi connectivity index (χ0) is 12.6. The lowest BCUT2D eigenvalue weighted by Crippen LogP contribution is -2.59. The van der Waals surface area contributed by atoms with Gasteiger partial charge in [-0.3, -0.25) is 14.5 Å². The molecule has 1 aromatic heterocycles. The summed E-state index contributed by atoms with van der Waals surface area (Å²) in [6, 6.07) is 3.34. The van der Waals surface area contributed by atoms with Gasteiger partial charge in [0.05, 0.1) is 13.2 Å². The van der Waals surface area contributed by atoms with Crippen molar-refractivity contribution in [3.63, 3.8) is 0 Å². The molecule has 0 radical (unpaired) electrons. The molecule has 92 valence electrons. The van der Waals surface area contributed by atoms with Crippen molar-refractivity contribution in [1.82, 2.24) is 0 Å². The number of hydrogen-bond donors (Lipinski definition) is 1. The maximum Gasteiger partial charge on any atom is 0.324 e. The monoisotopic (exact) mass is 239 g/mol. The lowest BCUT2D eigenvalue weighted by Gasteiger charge is -2.37. The highest BCUT2D eigenvalue weighted by molar-refractivity contribution is 6.09. The summed E-state index contributed by atoms with van der Waals surface area (Å²) in [6.07, 6.45) is 0. The van der Waals surface area contributed by atoms with Gasteiger partial charge in [0.1, 0.15) is 5.76 Å². The number of carbonyl (C=O) groups excluding carboxylic acids is 1. The molecule has 1 aliphatic rings. The number of aliphatic carboxylic acids is 1. The third kappa shape index (κ3) is 1.70. The summed E-state index contributed by atoms with van der Waals surface area (Å²) in [6.45, 7) is 1.57. The van der Waals surface area contributed by atoms with Crippen molar-refractivity contribution in [2.24, 2.45) is 5.41 Å². The van der Waals surface area contributed by atoms with Gasteiger partial charge >= 0.3 is 5.97 Å². The largest absolute Gasteiger partial charge is 0.480 e. The van der Waals surface area contributed by atoms with Crippen LogP contribution in [0.5, 0.6) is 0 Å². The van der Waals surface area contributed by atoms with Crippen LogP contribution in [0.1, 0.15) is 5.76 Å². The van der Waals surface area contributed by atoms with Gasteiger partial charge in [0.25, 0.3) is 5.91 Å². The highest BCUT2D eigenvalue weighted by atomic mass is 16.5. The van der Waals surface area contributed by atoms with E-state index in [4.69, 9.17) is 14.3 Å². The summed E-state index contributed by atoms with van der Waals surface area (Å²) < 4.78 is 10.1. The molecule has 1 aromatic rings. The quantitative estimate of drug-likeness (QED) is 0.783. The number of carboxylic acid groups (broad SMARTS) is 1. The van der Waals surface area contributed by atoms with Gasteiger partial charge in [0.15, 0.2) is 5.41 Å². The Bertz CT molecular complexity index is 460. The molecule has 2 heterocycles. The minimum absolute atomic E-state index is 0.0921. The summed E-state index contributed by atoms with van der Waals surface area (Å²) in [5, 5.41) is 9.10. The lowest BCUT2D eigenvalue weighted by atomic mass is 9.84. The van der Waals surface area contributed by atoms with Crippen LogP contribution < -0.4 is 4.90 Å². The van der Waals surface area contributed by atoms with Crippen molar-refractivity contribution in [2.45, 2.75) is 6.92 Å². The second-order valence-corrected chi connectivity index (χ2v) is 4.13. The Kier molecular flexibility index (Phi) is 2.66. The number of carboxylic acids is 1. The Labute approximate surface area is 97.8 Å². The van der Waals surface area contributed by atoms with Crippen molar-refractivity contribution < 1.29 is 23.8 Å². The summed E-state index contributed by atoms with van der Waals surface area (Å²) in [5.41, 5.74) is -1.46. The van der Waals surface area contributed by atoms with Crippen LogP contribution in [0, 0.1) is 12.3 Å². The van der Waals surface area contributed by atoms with Gasteiger partial charge in [-0.1, -0.05) is 0 Å². The molecular formula is C11H13NO5. The van der Waals surface area contributed by atoms with E-state index in [0.717, 1.165) is 0 Å². The number of hydrogen-bond acceptors (Lipinski definition) is 4. The molecule has 0 atom stereocenters. The number of ether oxygens (including phenoxy) is 1. The van der Waals surface area contributed by atoms with Crippen LogP contribution in [-0.2, 0) is 14.3 Å². The van der Waals surface area contributed by atoms with Crippen LogP contribution in [0.2, 0.25) is 0 Å². The van der Waals surface area contributed by atoms with E-state index in [9.17, 15) is 9.59 Å². The van der Waals surface area contributed by atoms with Gasteiger partial charge < -0.3 is 14.3 Å². The Hall–Kier alpha value is -1.82. The van der Waals surface area contributed by atoms with Crippen molar-refractivity contribution in [2.75, 3.05) is 25.2 Å². The molecule has 0 spiro atoms. The summed E-state index contributed by atoms with van der Waals surface area (Å²) in [4.78, 5) is 24.4. The van der Waals surface area contributed by atoms with Crippen molar-refractivity contribution in [3.8, 4) is 0 Å². The van der Waals surface area contributed by atoms with Crippen molar-refractivity contribution >= 4 is 17.8 Å². The van der Waals surface area contributed by atoms with Crippen LogP contribution in [0.4, 0.5) is 5.88 Å². The first kappa shape index (κ1) is 11.7. The van der Waals surface area contributed by atoms with Crippen LogP contribution in [0.25, 0.3) is 0 Å². The third-order valence-electron chi connectivity index (χ3n) is 2.88. The number of anilines is 1. The van der Waals surface area contributed by atoms with Gasteiger partial charge in [-0.25, -0.2) is 0 Å². The Morgan fingerprint density at radius 1 is 1.41 bits per heavy atom. The first-order chi connectivity index (χ1) is 7.97.